The number of carbonyl (C=O) groups excluding carboxylic acids is 3. The van der Waals surface area contributed by atoms with Crippen LogP contribution in [0.3, 0.4) is 0 Å². The first kappa shape index (κ1) is 24.9. The van der Waals surface area contributed by atoms with Gasteiger partial charge in [-0.15, -0.1) is 11.3 Å². The lowest BCUT2D eigenvalue weighted by atomic mass is 10.0. The molecule has 184 valence electrons. The van der Waals surface area contributed by atoms with Gasteiger partial charge in [0.25, 0.3) is 11.8 Å². The fraction of sp³-hybridized carbons (Fsp3) is 0.240. The number of primary amides is 1. The monoisotopic (exact) mass is 509 g/mol. The van der Waals surface area contributed by atoms with Crippen LogP contribution in [0.15, 0.2) is 53.9 Å². The van der Waals surface area contributed by atoms with Gasteiger partial charge in [-0.1, -0.05) is 36.4 Å². The Hall–Kier alpha value is -4.17. The first-order valence-corrected chi connectivity index (χ1v) is 11.8. The molecule has 0 bridgehead atoms. The van der Waals surface area contributed by atoms with E-state index in [4.69, 9.17) is 11.0 Å². The maximum Gasteiger partial charge on any atom is 0.271 e. The molecule has 4 rings (SSSR count). The summed E-state index contributed by atoms with van der Waals surface area (Å²) in [6.07, 6.45) is -0.217. The number of hydrogen-bond donors (Lipinski definition) is 2. The number of nitrogens with one attached hydrogen (secondary N) is 1. The van der Waals surface area contributed by atoms with Crippen LogP contribution in [-0.4, -0.2) is 52.7 Å². The first-order valence-electron chi connectivity index (χ1n) is 10.9. The van der Waals surface area contributed by atoms with Crippen LogP contribution in [0.4, 0.5) is 8.78 Å². The summed E-state index contributed by atoms with van der Waals surface area (Å²) in [4.78, 5) is 41.0. The number of likely N-dealkylation sites (tertiary alicyclic amines) is 1. The van der Waals surface area contributed by atoms with Crippen molar-refractivity contribution in [3.63, 3.8) is 0 Å². The van der Waals surface area contributed by atoms with Crippen LogP contribution >= 0.6 is 11.3 Å². The molecule has 0 radical (unpaired) electrons. The molecule has 0 saturated carbocycles. The van der Waals surface area contributed by atoms with E-state index in [9.17, 15) is 23.2 Å². The molecule has 3 amide bonds. The van der Waals surface area contributed by atoms with Gasteiger partial charge in [-0.3, -0.25) is 14.4 Å². The van der Waals surface area contributed by atoms with Gasteiger partial charge in [-0.05, 0) is 28.8 Å². The normalized spacial score (nSPS) is 16.4. The van der Waals surface area contributed by atoms with Gasteiger partial charge in [-0.25, -0.2) is 13.8 Å². The van der Waals surface area contributed by atoms with E-state index in [1.807, 2.05) is 36.4 Å². The molecule has 8 nitrogen and oxygen atoms in total. The molecular weight excluding hydrogens is 488 g/mol. The fourth-order valence-corrected chi connectivity index (χ4v) is 4.66. The number of halogens is 2. The second-order valence-corrected chi connectivity index (χ2v) is 9.29. The molecule has 1 aliphatic rings. The van der Waals surface area contributed by atoms with Crippen molar-refractivity contribution in [2.24, 2.45) is 5.73 Å². The van der Waals surface area contributed by atoms with Crippen LogP contribution in [0, 0.1) is 11.3 Å². The Morgan fingerprint density at radius 2 is 1.78 bits per heavy atom. The van der Waals surface area contributed by atoms with Gasteiger partial charge in [0, 0.05) is 23.8 Å². The summed E-state index contributed by atoms with van der Waals surface area (Å²) in [7, 11) is 0. The van der Waals surface area contributed by atoms with E-state index < -0.39 is 49.2 Å². The quantitative estimate of drug-likeness (QED) is 0.506. The molecule has 1 aromatic heterocycles. The molecule has 1 aliphatic heterocycles. The summed E-state index contributed by atoms with van der Waals surface area (Å²) < 4.78 is 27.1. The molecule has 3 aromatic rings. The van der Waals surface area contributed by atoms with Gasteiger partial charge < -0.3 is 16.0 Å². The second kappa shape index (κ2) is 10.2. The minimum absolute atomic E-state index is 0.123. The zero-order valence-corrected chi connectivity index (χ0v) is 19.7. The highest BCUT2D eigenvalue weighted by molar-refractivity contribution is 7.09. The zero-order valence-electron chi connectivity index (χ0n) is 18.9. The van der Waals surface area contributed by atoms with Crippen molar-refractivity contribution in [1.82, 2.24) is 15.2 Å². The lowest BCUT2D eigenvalue weighted by molar-refractivity contribution is -0.131. The molecule has 1 fully saturated rings. The number of hydrogen-bond acceptors (Lipinski definition) is 6. The van der Waals surface area contributed by atoms with Crippen LogP contribution in [0.2, 0.25) is 0 Å². The third kappa shape index (κ3) is 5.72. The number of thiazole rings is 1. The molecule has 1 saturated heterocycles. The topological polar surface area (TPSA) is 129 Å². The van der Waals surface area contributed by atoms with E-state index in [0.717, 1.165) is 21.6 Å². The molecule has 36 heavy (non-hydrogen) atoms. The van der Waals surface area contributed by atoms with Crippen LogP contribution < -0.4 is 11.1 Å². The van der Waals surface area contributed by atoms with Crippen LogP contribution in [-0.2, 0) is 11.2 Å². The lowest BCUT2D eigenvalue weighted by Crippen LogP contribution is -2.43. The number of nitrogens with zero attached hydrogens (tertiary/aromatic N) is 3. The van der Waals surface area contributed by atoms with Crippen LogP contribution in [0.25, 0.3) is 11.1 Å². The number of alkyl halides is 2. The molecule has 1 atom stereocenters. The summed E-state index contributed by atoms with van der Waals surface area (Å²) in [5, 5.41) is 13.7. The van der Waals surface area contributed by atoms with E-state index >= 15 is 0 Å². The number of aromatic nitrogens is 1. The number of benzene rings is 2. The van der Waals surface area contributed by atoms with Crippen molar-refractivity contribution in [3.05, 3.63) is 75.7 Å². The summed E-state index contributed by atoms with van der Waals surface area (Å²) in [6.45, 7) is -1.33. The van der Waals surface area contributed by atoms with Crippen LogP contribution in [0.1, 0.15) is 37.8 Å². The summed E-state index contributed by atoms with van der Waals surface area (Å²) in [5.41, 5.74) is 8.71. The highest BCUT2D eigenvalue weighted by Gasteiger charge is 2.47. The van der Waals surface area contributed by atoms with E-state index in [-0.39, 0.29) is 5.69 Å². The molecule has 2 aromatic carbocycles. The molecule has 3 N–H and O–H groups in total. The average molecular weight is 510 g/mol. The number of rotatable bonds is 7. The standard InChI is InChI=1S/C25H21F2N5O3S/c26-25(27)10-19(11-28)32(14-25)22(33)12-30-24(35)20-13-36-21(31-20)9-15-1-3-16(4-2-15)17-5-7-18(8-6-17)23(29)34/h1-8,13,19H,9-10,12,14H2,(H2,29,34)(H,30,35)/t19-/m0/s1. The predicted molar refractivity (Wildman–Crippen MR) is 128 cm³/mol. The number of nitrogens with two attached hydrogens (primary N) is 1. The Bertz CT molecular complexity index is 1330. The Kier molecular flexibility index (Phi) is 7.07. The highest BCUT2D eigenvalue weighted by Crippen LogP contribution is 2.31. The van der Waals surface area contributed by atoms with Crippen molar-refractivity contribution in [1.29, 1.82) is 5.26 Å². The van der Waals surface area contributed by atoms with Crippen molar-refractivity contribution in [2.45, 2.75) is 24.8 Å². The Labute approximate surface area is 209 Å². The molecule has 0 spiro atoms. The Morgan fingerprint density at radius 1 is 1.14 bits per heavy atom. The Balaban J connectivity index is 1.32. The molecule has 0 unspecified atom stereocenters. The predicted octanol–water partition coefficient (Wildman–Crippen LogP) is 2.99. The summed E-state index contributed by atoms with van der Waals surface area (Å²) in [5.74, 6) is -4.94. The molecule has 0 aliphatic carbocycles. The minimum Gasteiger partial charge on any atom is -0.366 e. The summed E-state index contributed by atoms with van der Waals surface area (Å²) >= 11 is 1.29. The third-order valence-electron chi connectivity index (χ3n) is 5.74. The van der Waals surface area contributed by atoms with Crippen molar-refractivity contribution >= 4 is 29.1 Å². The van der Waals surface area contributed by atoms with Gasteiger partial charge in [0.05, 0.1) is 24.2 Å². The van der Waals surface area contributed by atoms with E-state index in [0.29, 0.717) is 17.0 Å². The highest BCUT2D eigenvalue weighted by atomic mass is 32.1. The second-order valence-electron chi connectivity index (χ2n) is 8.35. The lowest BCUT2D eigenvalue weighted by Gasteiger charge is -2.19. The zero-order chi connectivity index (χ0) is 25.9. The molecule has 11 heteroatoms. The Morgan fingerprint density at radius 3 is 2.39 bits per heavy atom. The number of carbonyl (C=O) groups is 3. The molecular formula is C25H21F2N5O3S. The third-order valence-corrected chi connectivity index (χ3v) is 6.58. The van der Waals surface area contributed by atoms with Gasteiger partial charge >= 0.3 is 0 Å². The summed E-state index contributed by atoms with van der Waals surface area (Å²) in [6, 6.07) is 15.2. The number of amides is 3. The maximum absolute atomic E-state index is 13.5. The van der Waals surface area contributed by atoms with Crippen LogP contribution in [0.5, 0.6) is 0 Å². The van der Waals surface area contributed by atoms with Gasteiger partial charge in [0.2, 0.25) is 11.8 Å². The van der Waals surface area contributed by atoms with Gasteiger partial charge in [0.15, 0.2) is 0 Å². The van der Waals surface area contributed by atoms with E-state index in [1.54, 1.807) is 23.6 Å². The SMILES string of the molecule is N#C[C@@H]1CC(F)(F)CN1C(=O)CNC(=O)c1csc(Cc2ccc(-c3ccc(C(N)=O)cc3)cc2)n1. The number of nitriles is 1. The minimum atomic E-state index is -3.11. The smallest absolute Gasteiger partial charge is 0.271 e. The van der Waals surface area contributed by atoms with Gasteiger partial charge in [0.1, 0.15) is 11.7 Å². The first-order chi connectivity index (χ1) is 17.1. The van der Waals surface area contributed by atoms with Gasteiger partial charge in [-0.2, -0.15) is 5.26 Å². The largest absolute Gasteiger partial charge is 0.366 e. The van der Waals surface area contributed by atoms with Crippen molar-refractivity contribution < 1.29 is 23.2 Å². The van der Waals surface area contributed by atoms with E-state index in [2.05, 4.69) is 10.3 Å². The van der Waals surface area contributed by atoms with Crippen molar-refractivity contribution in [3.8, 4) is 17.2 Å². The molecule has 2 heterocycles. The van der Waals surface area contributed by atoms with E-state index in [1.165, 1.54) is 11.3 Å². The van der Waals surface area contributed by atoms with Crippen molar-refractivity contribution in [2.75, 3.05) is 13.1 Å². The average Bonchev–Trinajstić information content (AvgIpc) is 3.46. The fourth-order valence-electron chi connectivity index (χ4n) is 3.86. The maximum atomic E-state index is 13.5.